The Hall–Kier alpha value is -0.680. The van der Waals surface area contributed by atoms with Crippen LogP contribution in [0.15, 0.2) is 29.2 Å². The van der Waals surface area contributed by atoms with Gasteiger partial charge in [0.2, 0.25) is 0 Å². The molecule has 0 fully saturated rings. The van der Waals surface area contributed by atoms with Crippen LogP contribution in [0.5, 0.6) is 0 Å². The number of nitrogens with one attached hydrogen (secondary N) is 1. The SMILES string of the molecule is CCS(=O)(=O)CC(C)Nc1ccc(SC)cc1. The second-order valence-electron chi connectivity index (χ2n) is 3.97. The molecule has 0 amide bonds. The molecule has 0 aliphatic carbocycles. The van der Waals surface area contributed by atoms with Gasteiger partial charge in [-0.05, 0) is 37.4 Å². The minimum absolute atomic E-state index is 0.0694. The molecular weight excluding hydrogens is 254 g/mol. The van der Waals surface area contributed by atoms with Gasteiger partial charge in [-0.1, -0.05) is 6.92 Å². The fourth-order valence-corrected chi connectivity index (χ4v) is 3.00. The van der Waals surface area contributed by atoms with Crippen LogP contribution in [0.25, 0.3) is 0 Å². The van der Waals surface area contributed by atoms with E-state index in [-0.39, 0.29) is 17.5 Å². The van der Waals surface area contributed by atoms with Gasteiger partial charge in [0.25, 0.3) is 0 Å². The second kappa shape index (κ2) is 6.31. The molecular formula is C12H19NO2S2. The maximum Gasteiger partial charge on any atom is 0.152 e. The smallest absolute Gasteiger partial charge is 0.152 e. The Labute approximate surface area is 108 Å². The third-order valence-electron chi connectivity index (χ3n) is 2.45. The average molecular weight is 273 g/mol. The molecule has 3 nitrogen and oxygen atoms in total. The third-order valence-corrected chi connectivity index (χ3v) is 5.08. The summed E-state index contributed by atoms with van der Waals surface area (Å²) in [5, 5.41) is 3.20. The van der Waals surface area contributed by atoms with Gasteiger partial charge >= 0.3 is 0 Å². The van der Waals surface area contributed by atoms with Crippen molar-refractivity contribution in [3.63, 3.8) is 0 Å². The van der Waals surface area contributed by atoms with Crippen molar-refractivity contribution in [2.24, 2.45) is 0 Å². The Kier molecular flexibility index (Phi) is 5.33. The van der Waals surface area contributed by atoms with Crippen LogP contribution in [0.1, 0.15) is 13.8 Å². The zero-order valence-electron chi connectivity index (χ0n) is 10.4. The maximum absolute atomic E-state index is 11.5. The van der Waals surface area contributed by atoms with Crippen LogP contribution in [0.4, 0.5) is 5.69 Å². The van der Waals surface area contributed by atoms with Gasteiger partial charge in [-0.15, -0.1) is 11.8 Å². The van der Waals surface area contributed by atoms with E-state index in [1.807, 2.05) is 37.4 Å². The van der Waals surface area contributed by atoms with Crippen molar-refractivity contribution in [3.8, 4) is 0 Å². The summed E-state index contributed by atoms with van der Waals surface area (Å²) in [6.45, 7) is 3.56. The Balaban J connectivity index is 2.59. The standard InChI is InChI=1S/C12H19NO2S2/c1-4-17(14,15)9-10(2)13-11-5-7-12(16-3)8-6-11/h5-8,10,13H,4,9H2,1-3H3. The first-order chi connectivity index (χ1) is 7.96. The lowest BCUT2D eigenvalue weighted by Crippen LogP contribution is -2.26. The topological polar surface area (TPSA) is 46.2 Å². The van der Waals surface area contributed by atoms with E-state index in [9.17, 15) is 8.42 Å². The molecule has 0 aromatic heterocycles. The molecule has 1 aromatic rings. The normalized spacial score (nSPS) is 13.4. The monoisotopic (exact) mass is 273 g/mol. The lowest BCUT2D eigenvalue weighted by molar-refractivity contribution is 0.593. The molecule has 0 saturated heterocycles. The number of sulfone groups is 1. The van der Waals surface area contributed by atoms with Gasteiger partial charge in [-0.25, -0.2) is 8.42 Å². The van der Waals surface area contributed by atoms with Crippen molar-refractivity contribution in [1.29, 1.82) is 0 Å². The minimum Gasteiger partial charge on any atom is -0.382 e. The molecule has 1 aromatic carbocycles. The Morgan fingerprint density at radius 3 is 2.35 bits per heavy atom. The van der Waals surface area contributed by atoms with Crippen molar-refractivity contribution in [2.45, 2.75) is 24.8 Å². The van der Waals surface area contributed by atoms with E-state index < -0.39 is 9.84 Å². The molecule has 1 rings (SSSR count). The van der Waals surface area contributed by atoms with E-state index in [1.54, 1.807) is 18.7 Å². The molecule has 0 radical (unpaired) electrons. The number of hydrogen-bond acceptors (Lipinski definition) is 4. The molecule has 0 heterocycles. The van der Waals surface area contributed by atoms with Gasteiger partial charge in [0.15, 0.2) is 9.84 Å². The first-order valence-electron chi connectivity index (χ1n) is 5.58. The highest BCUT2D eigenvalue weighted by atomic mass is 32.2. The van der Waals surface area contributed by atoms with Crippen LogP contribution in [0.2, 0.25) is 0 Å². The summed E-state index contributed by atoms with van der Waals surface area (Å²) in [5.41, 5.74) is 0.960. The summed E-state index contributed by atoms with van der Waals surface area (Å²) >= 11 is 1.69. The quantitative estimate of drug-likeness (QED) is 0.809. The van der Waals surface area contributed by atoms with Crippen molar-refractivity contribution >= 4 is 27.3 Å². The zero-order valence-corrected chi connectivity index (χ0v) is 12.1. The van der Waals surface area contributed by atoms with E-state index in [0.717, 1.165) is 5.69 Å². The first kappa shape index (κ1) is 14.4. The lowest BCUT2D eigenvalue weighted by Gasteiger charge is -2.15. The summed E-state index contributed by atoms with van der Waals surface area (Å²) in [6.07, 6.45) is 2.03. The third kappa shape index (κ3) is 5.00. The first-order valence-corrected chi connectivity index (χ1v) is 8.62. The number of anilines is 1. The van der Waals surface area contributed by atoms with Gasteiger partial charge in [-0.3, -0.25) is 0 Å². The van der Waals surface area contributed by atoms with E-state index >= 15 is 0 Å². The molecule has 1 atom stereocenters. The van der Waals surface area contributed by atoms with Gasteiger partial charge in [0.1, 0.15) is 0 Å². The van der Waals surface area contributed by atoms with Gasteiger partial charge in [-0.2, -0.15) is 0 Å². The molecule has 5 heteroatoms. The summed E-state index contributed by atoms with van der Waals surface area (Å²) < 4.78 is 22.9. The van der Waals surface area contributed by atoms with Gasteiger partial charge < -0.3 is 5.32 Å². The number of benzene rings is 1. The molecule has 1 unspecified atom stereocenters. The molecule has 1 N–H and O–H groups in total. The van der Waals surface area contributed by atoms with Gasteiger partial charge in [0.05, 0.1) is 5.75 Å². The Morgan fingerprint density at radius 1 is 1.29 bits per heavy atom. The van der Waals surface area contributed by atoms with Crippen LogP contribution in [0, 0.1) is 0 Å². The highest BCUT2D eigenvalue weighted by Gasteiger charge is 2.13. The van der Waals surface area contributed by atoms with Crippen molar-refractivity contribution < 1.29 is 8.42 Å². The minimum atomic E-state index is -2.92. The fraction of sp³-hybridized carbons (Fsp3) is 0.500. The van der Waals surface area contributed by atoms with Crippen LogP contribution in [-0.4, -0.2) is 32.2 Å². The van der Waals surface area contributed by atoms with Gasteiger partial charge in [0, 0.05) is 22.4 Å². The molecule has 0 aliphatic heterocycles. The molecule has 0 bridgehead atoms. The van der Waals surface area contributed by atoms with Crippen LogP contribution in [0.3, 0.4) is 0 Å². The van der Waals surface area contributed by atoms with Crippen LogP contribution < -0.4 is 5.32 Å². The summed E-state index contributed by atoms with van der Waals surface area (Å²) in [4.78, 5) is 1.20. The summed E-state index contributed by atoms with van der Waals surface area (Å²) in [6, 6.07) is 7.92. The Morgan fingerprint density at radius 2 is 1.88 bits per heavy atom. The molecule has 17 heavy (non-hydrogen) atoms. The zero-order chi connectivity index (χ0) is 12.9. The van der Waals surface area contributed by atoms with E-state index in [4.69, 9.17) is 0 Å². The van der Waals surface area contributed by atoms with Crippen LogP contribution >= 0.6 is 11.8 Å². The second-order valence-corrected chi connectivity index (χ2v) is 7.25. The van der Waals surface area contributed by atoms with Crippen molar-refractivity contribution in [2.75, 3.05) is 23.1 Å². The number of thioether (sulfide) groups is 1. The Bertz CT molecular complexity index is 440. The van der Waals surface area contributed by atoms with Crippen molar-refractivity contribution in [1.82, 2.24) is 0 Å². The highest BCUT2D eigenvalue weighted by molar-refractivity contribution is 7.98. The lowest BCUT2D eigenvalue weighted by atomic mass is 10.3. The molecule has 0 saturated carbocycles. The van der Waals surface area contributed by atoms with Crippen LogP contribution in [-0.2, 0) is 9.84 Å². The number of rotatable bonds is 6. The molecule has 96 valence electrons. The predicted octanol–water partition coefficient (Wildman–Crippen LogP) is 2.64. The highest BCUT2D eigenvalue weighted by Crippen LogP contribution is 2.18. The van der Waals surface area contributed by atoms with Crippen molar-refractivity contribution in [3.05, 3.63) is 24.3 Å². The van der Waals surface area contributed by atoms with E-state index in [2.05, 4.69) is 5.32 Å². The average Bonchev–Trinajstić information content (AvgIpc) is 2.29. The summed E-state index contributed by atoms with van der Waals surface area (Å²) in [5.74, 6) is 0.373. The predicted molar refractivity (Wildman–Crippen MR) is 75.6 cm³/mol. The molecule has 0 aliphatic rings. The maximum atomic E-state index is 11.5. The van der Waals surface area contributed by atoms with E-state index in [0.29, 0.717) is 0 Å². The summed E-state index contributed by atoms with van der Waals surface area (Å²) in [7, 11) is -2.92. The fourth-order valence-electron chi connectivity index (χ4n) is 1.51. The number of hydrogen-bond donors (Lipinski definition) is 1. The molecule has 0 spiro atoms. The largest absolute Gasteiger partial charge is 0.382 e. The van der Waals surface area contributed by atoms with E-state index in [1.165, 1.54) is 4.90 Å².